The lowest BCUT2D eigenvalue weighted by molar-refractivity contribution is -0.384. The van der Waals surface area contributed by atoms with E-state index in [1.54, 1.807) is 17.0 Å². The Balaban J connectivity index is 1.87. The Bertz CT molecular complexity index is 1060. The molecule has 3 aromatic carbocycles. The van der Waals surface area contributed by atoms with E-state index in [-0.39, 0.29) is 11.6 Å². The molecule has 0 unspecified atom stereocenters. The number of benzene rings is 3. The highest BCUT2D eigenvalue weighted by molar-refractivity contribution is 7.99. The van der Waals surface area contributed by atoms with E-state index in [9.17, 15) is 14.9 Å². The molecular weight excluding hydrogens is 384 g/mol. The quantitative estimate of drug-likeness (QED) is 0.429. The largest absolute Gasteiger partial charge is 0.303 e. The number of nitro groups is 1. The van der Waals surface area contributed by atoms with Gasteiger partial charge in [-0.15, -0.1) is 0 Å². The number of rotatable bonds is 3. The fraction of sp³-hybridized carbons (Fsp3) is 0.0500. The van der Waals surface area contributed by atoms with E-state index in [4.69, 9.17) is 11.6 Å². The molecule has 134 valence electrons. The summed E-state index contributed by atoms with van der Waals surface area (Å²) in [5, 5.41) is 11.7. The lowest BCUT2D eigenvalue weighted by Crippen LogP contribution is -2.30. The molecule has 3 aromatic rings. The van der Waals surface area contributed by atoms with Gasteiger partial charge in [0.05, 0.1) is 22.7 Å². The van der Waals surface area contributed by atoms with Crippen molar-refractivity contribution in [2.24, 2.45) is 0 Å². The summed E-state index contributed by atoms with van der Waals surface area (Å²) in [5.41, 5.74) is 1.91. The van der Waals surface area contributed by atoms with Gasteiger partial charge in [-0.05, 0) is 29.8 Å². The van der Waals surface area contributed by atoms with Crippen molar-refractivity contribution >= 4 is 40.6 Å². The summed E-state index contributed by atoms with van der Waals surface area (Å²) in [5.74, 6) is -0.272. The SMILES string of the molecule is O=C1c2cc([N+](=O)[O-])ccc2Sc2cc(Cl)ccc2N1Cc1ccccc1. The van der Waals surface area contributed by atoms with Crippen LogP contribution in [0.25, 0.3) is 0 Å². The summed E-state index contributed by atoms with van der Waals surface area (Å²) >= 11 is 7.55. The minimum atomic E-state index is -0.491. The number of anilines is 1. The molecule has 4 rings (SSSR count). The van der Waals surface area contributed by atoms with Gasteiger partial charge in [0, 0.05) is 26.9 Å². The van der Waals surface area contributed by atoms with Crippen molar-refractivity contribution in [3.63, 3.8) is 0 Å². The highest BCUT2D eigenvalue weighted by atomic mass is 35.5. The number of hydrogen-bond acceptors (Lipinski definition) is 4. The van der Waals surface area contributed by atoms with Crippen LogP contribution in [-0.4, -0.2) is 10.8 Å². The zero-order chi connectivity index (χ0) is 19.0. The number of carbonyl (C=O) groups is 1. The van der Waals surface area contributed by atoms with Gasteiger partial charge in [-0.3, -0.25) is 14.9 Å². The Morgan fingerprint density at radius 1 is 1.00 bits per heavy atom. The molecule has 27 heavy (non-hydrogen) atoms. The molecule has 7 heteroatoms. The van der Waals surface area contributed by atoms with Crippen LogP contribution in [0.5, 0.6) is 0 Å². The lowest BCUT2D eigenvalue weighted by atomic mass is 10.1. The maximum absolute atomic E-state index is 13.3. The molecule has 0 aliphatic carbocycles. The van der Waals surface area contributed by atoms with Crippen LogP contribution in [0.4, 0.5) is 11.4 Å². The summed E-state index contributed by atoms with van der Waals surface area (Å²) in [6.45, 7) is 0.358. The minimum Gasteiger partial charge on any atom is -0.303 e. The first-order chi connectivity index (χ1) is 13.0. The molecule has 0 N–H and O–H groups in total. The van der Waals surface area contributed by atoms with Crippen LogP contribution in [0.15, 0.2) is 76.5 Å². The van der Waals surface area contributed by atoms with Crippen molar-refractivity contribution in [1.29, 1.82) is 0 Å². The maximum atomic E-state index is 13.3. The van der Waals surface area contributed by atoms with E-state index >= 15 is 0 Å². The zero-order valence-corrected chi connectivity index (χ0v) is 15.5. The van der Waals surface area contributed by atoms with Gasteiger partial charge in [0.15, 0.2) is 0 Å². The Morgan fingerprint density at radius 3 is 2.52 bits per heavy atom. The predicted octanol–water partition coefficient (Wildman–Crippen LogP) is 5.56. The normalized spacial score (nSPS) is 12.9. The molecule has 1 aliphatic heterocycles. The Kier molecular flexibility index (Phi) is 4.59. The van der Waals surface area contributed by atoms with Gasteiger partial charge in [-0.25, -0.2) is 0 Å². The number of amides is 1. The zero-order valence-electron chi connectivity index (χ0n) is 14.0. The third kappa shape index (κ3) is 3.41. The first kappa shape index (κ1) is 17.6. The van der Waals surface area contributed by atoms with Gasteiger partial charge in [0.2, 0.25) is 0 Å². The van der Waals surface area contributed by atoms with E-state index in [0.717, 1.165) is 16.1 Å². The monoisotopic (exact) mass is 396 g/mol. The van der Waals surface area contributed by atoms with Crippen molar-refractivity contribution in [1.82, 2.24) is 0 Å². The van der Waals surface area contributed by atoms with Crippen molar-refractivity contribution in [3.8, 4) is 0 Å². The first-order valence-corrected chi connectivity index (χ1v) is 9.34. The number of halogens is 1. The molecular formula is C20H13ClN2O3S. The molecule has 1 amide bonds. The molecule has 0 atom stereocenters. The molecule has 0 saturated carbocycles. The van der Waals surface area contributed by atoms with Crippen LogP contribution in [0.1, 0.15) is 15.9 Å². The standard InChI is InChI=1S/C20H13ClN2O3S/c21-14-6-8-17-19(10-14)27-18-9-7-15(23(25)26)11-16(18)20(24)22(17)12-13-4-2-1-3-5-13/h1-11H,12H2. The van der Waals surface area contributed by atoms with Gasteiger partial charge >= 0.3 is 0 Å². The molecule has 0 radical (unpaired) electrons. The second-order valence-corrected chi connectivity index (χ2v) is 7.55. The topological polar surface area (TPSA) is 63.4 Å². The van der Waals surface area contributed by atoms with Gasteiger partial charge in [0.1, 0.15) is 0 Å². The Morgan fingerprint density at radius 2 is 1.78 bits per heavy atom. The molecule has 5 nitrogen and oxygen atoms in total. The summed E-state index contributed by atoms with van der Waals surface area (Å²) in [6.07, 6.45) is 0. The lowest BCUT2D eigenvalue weighted by Gasteiger charge is -2.23. The smallest absolute Gasteiger partial charge is 0.270 e. The third-order valence-electron chi connectivity index (χ3n) is 4.27. The number of hydrogen-bond donors (Lipinski definition) is 0. The summed E-state index contributed by atoms with van der Waals surface area (Å²) in [4.78, 5) is 27.1. The molecule has 0 fully saturated rings. The van der Waals surface area contributed by atoms with Crippen molar-refractivity contribution in [3.05, 3.63) is 93.0 Å². The number of fused-ring (bicyclic) bond motifs is 2. The van der Waals surface area contributed by atoms with Gasteiger partial charge in [-0.1, -0.05) is 53.7 Å². The molecule has 0 aromatic heterocycles. The highest BCUT2D eigenvalue weighted by Crippen LogP contribution is 2.43. The van der Waals surface area contributed by atoms with Crippen LogP contribution in [0, 0.1) is 10.1 Å². The van der Waals surface area contributed by atoms with Crippen molar-refractivity contribution in [2.75, 3.05) is 4.90 Å². The molecule has 1 aliphatic rings. The van der Waals surface area contributed by atoms with E-state index in [1.165, 1.54) is 23.9 Å². The second-order valence-electron chi connectivity index (χ2n) is 6.03. The van der Waals surface area contributed by atoms with Crippen molar-refractivity contribution in [2.45, 2.75) is 16.3 Å². The van der Waals surface area contributed by atoms with Crippen LogP contribution < -0.4 is 4.90 Å². The predicted molar refractivity (Wildman–Crippen MR) is 106 cm³/mol. The van der Waals surface area contributed by atoms with E-state index < -0.39 is 4.92 Å². The maximum Gasteiger partial charge on any atom is 0.270 e. The third-order valence-corrected chi connectivity index (χ3v) is 5.62. The van der Waals surface area contributed by atoms with Crippen molar-refractivity contribution < 1.29 is 9.72 Å². The highest BCUT2D eigenvalue weighted by Gasteiger charge is 2.29. The van der Waals surface area contributed by atoms with Gasteiger partial charge < -0.3 is 4.90 Å². The van der Waals surface area contributed by atoms with Gasteiger partial charge in [-0.2, -0.15) is 0 Å². The second kappa shape index (κ2) is 7.06. The Hall–Kier alpha value is -2.83. The molecule has 1 heterocycles. The van der Waals surface area contributed by atoms with Crippen LogP contribution >= 0.6 is 23.4 Å². The van der Waals surface area contributed by atoms with Gasteiger partial charge in [0.25, 0.3) is 11.6 Å². The number of nitrogens with zero attached hydrogens (tertiary/aromatic N) is 2. The van der Waals surface area contributed by atoms with Crippen LogP contribution in [-0.2, 0) is 6.54 Å². The average molecular weight is 397 g/mol. The summed E-state index contributed by atoms with van der Waals surface area (Å²) in [6, 6.07) is 19.3. The fourth-order valence-corrected chi connectivity index (χ4v) is 4.31. The fourth-order valence-electron chi connectivity index (χ4n) is 2.98. The number of carbonyl (C=O) groups excluding carboxylic acids is 1. The molecule has 0 saturated heterocycles. The number of nitro benzene ring substituents is 1. The summed E-state index contributed by atoms with van der Waals surface area (Å²) < 4.78 is 0. The van der Waals surface area contributed by atoms with Crippen LogP contribution in [0.2, 0.25) is 5.02 Å². The summed E-state index contributed by atoms with van der Waals surface area (Å²) in [7, 11) is 0. The molecule has 0 spiro atoms. The van der Waals surface area contributed by atoms with Crippen LogP contribution in [0.3, 0.4) is 0 Å². The average Bonchev–Trinajstić information content (AvgIpc) is 2.77. The number of non-ortho nitro benzene ring substituents is 1. The Labute approximate surface area is 164 Å². The van der Waals surface area contributed by atoms with E-state index in [0.29, 0.717) is 22.0 Å². The van der Waals surface area contributed by atoms with E-state index in [1.807, 2.05) is 42.5 Å². The van der Waals surface area contributed by atoms with E-state index in [2.05, 4.69) is 0 Å². The minimum absolute atomic E-state index is 0.105. The first-order valence-electron chi connectivity index (χ1n) is 8.14. The molecule has 0 bridgehead atoms.